The molecule has 2 N–H and O–H groups in total. The predicted molar refractivity (Wildman–Crippen MR) is 98.2 cm³/mol. The van der Waals surface area contributed by atoms with Gasteiger partial charge in [-0.1, -0.05) is 90.9 Å². The molecule has 4 heteroatoms. The molecule has 4 nitrogen and oxygen atoms in total. The van der Waals surface area contributed by atoms with Gasteiger partial charge >= 0.3 is 11.9 Å². The molecule has 0 aromatic rings. The lowest BCUT2D eigenvalue weighted by atomic mass is 9.84. The van der Waals surface area contributed by atoms with Gasteiger partial charge < -0.3 is 10.2 Å². The Kier molecular flexibility index (Phi) is 14.8. The molecule has 0 aliphatic heterocycles. The monoisotopic (exact) mass is 342 g/mol. The number of carbonyl (C=O) groups is 2. The van der Waals surface area contributed by atoms with E-state index < -0.39 is 23.8 Å². The highest BCUT2D eigenvalue weighted by Gasteiger charge is 2.32. The van der Waals surface area contributed by atoms with E-state index in [-0.39, 0.29) is 0 Å². The first-order valence-electron chi connectivity index (χ1n) is 10.00. The van der Waals surface area contributed by atoms with Crippen molar-refractivity contribution in [3.63, 3.8) is 0 Å². The normalized spacial score (nSPS) is 13.6. The second kappa shape index (κ2) is 15.5. The van der Waals surface area contributed by atoms with Gasteiger partial charge in [0.2, 0.25) is 0 Å². The zero-order valence-corrected chi connectivity index (χ0v) is 15.8. The summed E-state index contributed by atoms with van der Waals surface area (Å²) in [4.78, 5) is 23.0. The van der Waals surface area contributed by atoms with Crippen molar-refractivity contribution >= 4 is 11.9 Å². The Labute approximate surface area is 148 Å². The van der Waals surface area contributed by atoms with E-state index in [1.807, 2.05) is 0 Å². The number of carboxylic acid groups (broad SMARTS) is 2. The van der Waals surface area contributed by atoms with E-state index in [1.54, 1.807) is 0 Å². The molecule has 0 radical (unpaired) electrons. The number of aliphatic carboxylic acids is 2. The number of hydrogen-bond donors (Lipinski definition) is 2. The minimum Gasteiger partial charge on any atom is -0.481 e. The Morgan fingerprint density at radius 1 is 0.583 bits per heavy atom. The summed E-state index contributed by atoms with van der Waals surface area (Å²) in [5.74, 6) is -3.35. The van der Waals surface area contributed by atoms with Gasteiger partial charge in [0.05, 0.1) is 11.8 Å². The number of hydrogen-bond acceptors (Lipinski definition) is 2. The topological polar surface area (TPSA) is 74.6 Å². The zero-order chi connectivity index (χ0) is 18.2. The molecule has 2 atom stereocenters. The molecule has 0 aliphatic carbocycles. The van der Waals surface area contributed by atoms with Gasteiger partial charge in [0.1, 0.15) is 0 Å². The van der Waals surface area contributed by atoms with Gasteiger partial charge in [0, 0.05) is 0 Å². The van der Waals surface area contributed by atoms with Crippen molar-refractivity contribution in [1.82, 2.24) is 0 Å². The fraction of sp³-hybridized carbons (Fsp3) is 0.900. The van der Waals surface area contributed by atoms with E-state index in [9.17, 15) is 19.8 Å². The Hall–Kier alpha value is -1.06. The average Bonchev–Trinajstić information content (AvgIpc) is 2.54. The van der Waals surface area contributed by atoms with E-state index in [1.165, 1.54) is 32.1 Å². The molecular formula is C20H38O4. The fourth-order valence-corrected chi connectivity index (χ4v) is 3.28. The van der Waals surface area contributed by atoms with E-state index in [2.05, 4.69) is 13.8 Å². The molecular weight excluding hydrogens is 304 g/mol. The summed E-state index contributed by atoms with van der Waals surface area (Å²) in [6.45, 7) is 4.31. The van der Waals surface area contributed by atoms with E-state index in [0.29, 0.717) is 12.8 Å². The highest BCUT2D eigenvalue weighted by molar-refractivity contribution is 5.79. The van der Waals surface area contributed by atoms with Crippen LogP contribution in [0.5, 0.6) is 0 Å². The van der Waals surface area contributed by atoms with Crippen molar-refractivity contribution in [2.75, 3.05) is 0 Å². The van der Waals surface area contributed by atoms with Gasteiger partial charge in [0.25, 0.3) is 0 Å². The molecule has 0 aromatic carbocycles. The van der Waals surface area contributed by atoms with Crippen LogP contribution < -0.4 is 0 Å². The Morgan fingerprint density at radius 3 is 1.21 bits per heavy atom. The first-order valence-corrected chi connectivity index (χ1v) is 10.00. The van der Waals surface area contributed by atoms with Gasteiger partial charge in [-0.3, -0.25) is 9.59 Å². The predicted octanol–water partition coefficient (Wildman–Crippen LogP) is 5.89. The van der Waals surface area contributed by atoms with Crippen LogP contribution in [0.3, 0.4) is 0 Å². The van der Waals surface area contributed by atoms with Crippen molar-refractivity contribution in [2.45, 2.75) is 104 Å². The quantitative estimate of drug-likeness (QED) is 0.323. The van der Waals surface area contributed by atoms with Crippen LogP contribution in [0.1, 0.15) is 104 Å². The van der Waals surface area contributed by atoms with Crippen LogP contribution in [0.4, 0.5) is 0 Å². The van der Waals surface area contributed by atoms with E-state index in [4.69, 9.17) is 0 Å². The third-order valence-corrected chi connectivity index (χ3v) is 4.86. The molecule has 0 rings (SSSR count). The molecule has 24 heavy (non-hydrogen) atoms. The second-order valence-corrected chi connectivity index (χ2v) is 7.00. The highest BCUT2D eigenvalue weighted by Crippen LogP contribution is 2.26. The lowest BCUT2D eigenvalue weighted by molar-refractivity contribution is -0.154. The standard InChI is InChI=1S/C20H38O4/c1-3-5-7-9-10-11-12-14-16-18(20(23)24)17(19(21)22)15-13-8-6-4-2/h17-18H,3-16H2,1-2H3,(H,21,22)(H,23,24). The molecule has 0 fully saturated rings. The van der Waals surface area contributed by atoms with Crippen molar-refractivity contribution in [3.05, 3.63) is 0 Å². The van der Waals surface area contributed by atoms with Crippen LogP contribution in [0.2, 0.25) is 0 Å². The molecule has 2 unspecified atom stereocenters. The lowest BCUT2D eigenvalue weighted by Gasteiger charge is -2.20. The number of unbranched alkanes of at least 4 members (excludes halogenated alkanes) is 10. The average molecular weight is 343 g/mol. The third kappa shape index (κ3) is 11.5. The molecule has 0 aliphatic rings. The SMILES string of the molecule is CCCCCCCCCCC(C(=O)O)C(CCCCCC)C(=O)O. The van der Waals surface area contributed by atoms with E-state index >= 15 is 0 Å². The summed E-state index contributed by atoms with van der Waals surface area (Å²) in [6.07, 6.45) is 14.2. The second-order valence-electron chi connectivity index (χ2n) is 7.00. The first kappa shape index (κ1) is 22.9. The smallest absolute Gasteiger partial charge is 0.307 e. The molecule has 0 bridgehead atoms. The van der Waals surface area contributed by atoms with Gasteiger partial charge in [-0.25, -0.2) is 0 Å². The van der Waals surface area contributed by atoms with Crippen LogP contribution in [0.25, 0.3) is 0 Å². The fourth-order valence-electron chi connectivity index (χ4n) is 3.28. The maximum Gasteiger partial charge on any atom is 0.307 e. The van der Waals surface area contributed by atoms with Crippen LogP contribution >= 0.6 is 0 Å². The number of carboxylic acids is 2. The van der Waals surface area contributed by atoms with Crippen LogP contribution in [-0.4, -0.2) is 22.2 Å². The number of rotatable bonds is 17. The minimum atomic E-state index is -0.946. The van der Waals surface area contributed by atoms with Crippen LogP contribution in [0, 0.1) is 11.8 Å². The van der Waals surface area contributed by atoms with Gasteiger partial charge in [-0.05, 0) is 12.8 Å². The molecule has 0 saturated carbocycles. The summed E-state index contributed by atoms with van der Waals surface area (Å²) in [6, 6.07) is 0. The van der Waals surface area contributed by atoms with Crippen molar-refractivity contribution < 1.29 is 19.8 Å². The van der Waals surface area contributed by atoms with Crippen LogP contribution in [0.15, 0.2) is 0 Å². The van der Waals surface area contributed by atoms with Gasteiger partial charge in [-0.2, -0.15) is 0 Å². The first-order chi connectivity index (χ1) is 11.5. The largest absolute Gasteiger partial charge is 0.481 e. The highest BCUT2D eigenvalue weighted by atomic mass is 16.4. The van der Waals surface area contributed by atoms with Gasteiger partial charge in [0.15, 0.2) is 0 Å². The Balaban J connectivity index is 4.14. The molecule has 0 aromatic heterocycles. The lowest BCUT2D eigenvalue weighted by Crippen LogP contribution is -2.30. The summed E-state index contributed by atoms with van der Waals surface area (Å²) < 4.78 is 0. The molecule has 0 spiro atoms. The minimum absolute atomic E-state index is 0.489. The summed E-state index contributed by atoms with van der Waals surface area (Å²) >= 11 is 0. The third-order valence-electron chi connectivity index (χ3n) is 4.86. The molecule has 0 amide bonds. The molecule has 0 saturated heterocycles. The Morgan fingerprint density at radius 2 is 0.875 bits per heavy atom. The van der Waals surface area contributed by atoms with Crippen molar-refractivity contribution in [1.29, 1.82) is 0 Å². The molecule has 142 valence electrons. The van der Waals surface area contributed by atoms with Crippen LogP contribution in [-0.2, 0) is 9.59 Å². The summed E-state index contributed by atoms with van der Waals surface area (Å²) in [7, 11) is 0. The van der Waals surface area contributed by atoms with Crippen molar-refractivity contribution in [3.8, 4) is 0 Å². The molecule has 0 heterocycles. The van der Waals surface area contributed by atoms with Crippen molar-refractivity contribution in [2.24, 2.45) is 11.8 Å². The van der Waals surface area contributed by atoms with E-state index in [0.717, 1.165) is 44.9 Å². The Bertz CT molecular complexity index is 328. The summed E-state index contributed by atoms with van der Waals surface area (Å²) in [5.41, 5.74) is 0. The zero-order valence-electron chi connectivity index (χ0n) is 15.8. The summed E-state index contributed by atoms with van der Waals surface area (Å²) in [5, 5.41) is 18.8. The van der Waals surface area contributed by atoms with Gasteiger partial charge in [-0.15, -0.1) is 0 Å². The maximum atomic E-state index is 11.5. The maximum absolute atomic E-state index is 11.5.